The number of aliphatic hydroxyl groups excluding tert-OH is 1. The van der Waals surface area contributed by atoms with Gasteiger partial charge in [0.1, 0.15) is 0 Å². The quantitative estimate of drug-likeness (QED) is 0.723. The average molecular weight is 341 g/mol. The maximum atomic E-state index is 9.30. The Labute approximate surface area is 130 Å². The molecule has 2 N–H and O–H groups in total. The molecule has 0 atom stereocenters. The molecular weight excluding hydrogens is 316 g/mol. The van der Waals surface area contributed by atoms with E-state index in [0.29, 0.717) is 12.6 Å². The van der Waals surface area contributed by atoms with Gasteiger partial charge in [-0.1, -0.05) is 29.3 Å². The zero-order chi connectivity index (χ0) is 14.4. The summed E-state index contributed by atoms with van der Waals surface area (Å²) in [5.41, 5.74) is 2.57. The van der Waals surface area contributed by atoms with Gasteiger partial charge in [-0.2, -0.15) is 0 Å². The minimum atomic E-state index is 0.204. The predicted molar refractivity (Wildman–Crippen MR) is 88.2 cm³/mol. The first kappa shape index (κ1) is 15.8. The minimum absolute atomic E-state index is 0.204. The number of unbranched alkanes of at least 4 members (excludes halogenated alkanes) is 1. The molecule has 1 fully saturated rings. The van der Waals surface area contributed by atoms with Crippen LogP contribution in [0.3, 0.4) is 0 Å². The van der Waals surface area contributed by atoms with E-state index in [1.54, 1.807) is 0 Å². The standard InChI is InChI=1S/C16H25BrN2O/c1-2-3-8-19(9-10-20)16-7-4-14(17)11-13(16)12-18-15-5-6-15/h4,7,11,15,18,20H,2-3,5-6,8-10,12H2,1H3. The molecule has 0 aliphatic heterocycles. The highest BCUT2D eigenvalue weighted by Gasteiger charge is 2.21. The van der Waals surface area contributed by atoms with E-state index in [1.807, 2.05) is 0 Å². The zero-order valence-corrected chi connectivity index (χ0v) is 13.8. The molecule has 0 bridgehead atoms. The number of aliphatic hydroxyl groups is 1. The largest absolute Gasteiger partial charge is 0.395 e. The summed E-state index contributed by atoms with van der Waals surface area (Å²) in [7, 11) is 0. The molecule has 1 aromatic carbocycles. The summed E-state index contributed by atoms with van der Waals surface area (Å²) in [6.07, 6.45) is 4.94. The summed E-state index contributed by atoms with van der Waals surface area (Å²) in [5.74, 6) is 0. The molecule has 4 heteroatoms. The van der Waals surface area contributed by atoms with Gasteiger partial charge in [0, 0.05) is 35.8 Å². The van der Waals surface area contributed by atoms with Crippen molar-refractivity contribution in [3.8, 4) is 0 Å². The van der Waals surface area contributed by atoms with E-state index in [-0.39, 0.29) is 6.61 Å². The number of nitrogens with zero attached hydrogens (tertiary/aromatic N) is 1. The van der Waals surface area contributed by atoms with Crippen LogP contribution in [0.5, 0.6) is 0 Å². The fourth-order valence-electron chi connectivity index (χ4n) is 2.37. The molecule has 0 spiro atoms. The van der Waals surface area contributed by atoms with Gasteiger partial charge in [0.05, 0.1) is 6.61 Å². The number of nitrogens with one attached hydrogen (secondary N) is 1. The Morgan fingerprint density at radius 1 is 1.35 bits per heavy atom. The van der Waals surface area contributed by atoms with Crippen LogP contribution in [-0.4, -0.2) is 30.8 Å². The molecule has 2 rings (SSSR count). The van der Waals surface area contributed by atoms with Crippen LogP contribution < -0.4 is 10.2 Å². The van der Waals surface area contributed by atoms with Crippen molar-refractivity contribution in [3.05, 3.63) is 28.2 Å². The summed E-state index contributed by atoms with van der Waals surface area (Å²) < 4.78 is 1.12. The molecule has 0 saturated heterocycles. The van der Waals surface area contributed by atoms with Crippen LogP contribution >= 0.6 is 15.9 Å². The van der Waals surface area contributed by atoms with Crippen molar-refractivity contribution in [2.24, 2.45) is 0 Å². The van der Waals surface area contributed by atoms with Gasteiger partial charge in [-0.25, -0.2) is 0 Å². The maximum Gasteiger partial charge on any atom is 0.0606 e. The van der Waals surface area contributed by atoms with Crippen LogP contribution in [0.4, 0.5) is 5.69 Å². The first-order chi connectivity index (χ1) is 9.74. The van der Waals surface area contributed by atoms with Gasteiger partial charge in [0.25, 0.3) is 0 Å². The number of rotatable bonds is 9. The van der Waals surface area contributed by atoms with E-state index in [4.69, 9.17) is 0 Å². The summed E-state index contributed by atoms with van der Waals surface area (Å²) in [6.45, 7) is 5.03. The van der Waals surface area contributed by atoms with Gasteiger partial charge in [0.2, 0.25) is 0 Å². The molecule has 1 aromatic rings. The Hall–Kier alpha value is -0.580. The van der Waals surface area contributed by atoms with Gasteiger partial charge in [-0.15, -0.1) is 0 Å². The van der Waals surface area contributed by atoms with Crippen molar-refractivity contribution in [2.45, 2.75) is 45.2 Å². The molecule has 0 heterocycles. The minimum Gasteiger partial charge on any atom is -0.395 e. The third kappa shape index (κ3) is 4.76. The fraction of sp³-hybridized carbons (Fsp3) is 0.625. The second-order valence-corrected chi connectivity index (χ2v) is 6.41. The lowest BCUT2D eigenvalue weighted by Crippen LogP contribution is -2.29. The molecule has 20 heavy (non-hydrogen) atoms. The third-order valence-corrected chi connectivity index (χ3v) is 4.19. The van der Waals surface area contributed by atoms with Crippen LogP contribution in [-0.2, 0) is 6.54 Å². The van der Waals surface area contributed by atoms with Crippen molar-refractivity contribution in [1.29, 1.82) is 0 Å². The number of benzene rings is 1. The van der Waals surface area contributed by atoms with Crippen LogP contribution in [0.1, 0.15) is 38.2 Å². The van der Waals surface area contributed by atoms with E-state index in [0.717, 1.165) is 24.0 Å². The summed E-state index contributed by atoms with van der Waals surface area (Å²) >= 11 is 3.56. The van der Waals surface area contributed by atoms with E-state index >= 15 is 0 Å². The molecular formula is C16H25BrN2O. The van der Waals surface area contributed by atoms with Crippen LogP contribution in [0.25, 0.3) is 0 Å². The van der Waals surface area contributed by atoms with Gasteiger partial charge in [-0.3, -0.25) is 0 Å². The molecule has 0 unspecified atom stereocenters. The lowest BCUT2D eigenvalue weighted by atomic mass is 10.1. The van der Waals surface area contributed by atoms with Gasteiger partial charge in [0.15, 0.2) is 0 Å². The van der Waals surface area contributed by atoms with Crippen LogP contribution in [0.15, 0.2) is 22.7 Å². The third-order valence-electron chi connectivity index (χ3n) is 3.69. The normalized spacial score (nSPS) is 14.6. The van der Waals surface area contributed by atoms with Crippen LogP contribution in [0.2, 0.25) is 0 Å². The van der Waals surface area contributed by atoms with Crippen molar-refractivity contribution in [1.82, 2.24) is 5.32 Å². The highest BCUT2D eigenvalue weighted by Crippen LogP contribution is 2.27. The Kier molecular flexibility index (Phi) is 6.33. The van der Waals surface area contributed by atoms with E-state index in [2.05, 4.69) is 51.3 Å². The highest BCUT2D eigenvalue weighted by atomic mass is 79.9. The van der Waals surface area contributed by atoms with Crippen molar-refractivity contribution in [3.63, 3.8) is 0 Å². The first-order valence-corrected chi connectivity index (χ1v) is 8.41. The van der Waals surface area contributed by atoms with Gasteiger partial charge in [-0.05, 0) is 43.0 Å². The summed E-state index contributed by atoms with van der Waals surface area (Å²) in [5, 5.41) is 12.9. The molecule has 112 valence electrons. The average Bonchev–Trinajstić information content (AvgIpc) is 3.26. The lowest BCUT2D eigenvalue weighted by molar-refractivity contribution is 0.301. The SMILES string of the molecule is CCCCN(CCO)c1ccc(Br)cc1CNC1CC1. The Morgan fingerprint density at radius 3 is 2.80 bits per heavy atom. The van der Waals surface area contributed by atoms with Gasteiger partial charge >= 0.3 is 0 Å². The van der Waals surface area contributed by atoms with E-state index < -0.39 is 0 Å². The lowest BCUT2D eigenvalue weighted by Gasteiger charge is -2.27. The van der Waals surface area contributed by atoms with E-state index in [9.17, 15) is 5.11 Å². The highest BCUT2D eigenvalue weighted by molar-refractivity contribution is 9.10. The smallest absolute Gasteiger partial charge is 0.0606 e. The summed E-state index contributed by atoms with van der Waals surface area (Å²) in [6, 6.07) is 7.16. The van der Waals surface area contributed by atoms with E-state index in [1.165, 1.54) is 30.5 Å². The zero-order valence-electron chi connectivity index (χ0n) is 12.2. The topological polar surface area (TPSA) is 35.5 Å². The van der Waals surface area contributed by atoms with Crippen molar-refractivity contribution < 1.29 is 5.11 Å². The molecule has 0 radical (unpaired) electrons. The molecule has 0 amide bonds. The molecule has 1 aliphatic carbocycles. The number of hydrogen-bond acceptors (Lipinski definition) is 3. The number of halogens is 1. The Bertz CT molecular complexity index is 421. The van der Waals surface area contributed by atoms with Crippen LogP contribution in [0, 0.1) is 0 Å². The number of anilines is 1. The van der Waals surface area contributed by atoms with Crippen molar-refractivity contribution >= 4 is 21.6 Å². The second-order valence-electron chi connectivity index (χ2n) is 5.49. The summed E-state index contributed by atoms with van der Waals surface area (Å²) in [4.78, 5) is 2.31. The first-order valence-electron chi connectivity index (χ1n) is 7.62. The molecule has 3 nitrogen and oxygen atoms in total. The monoisotopic (exact) mass is 340 g/mol. The number of hydrogen-bond donors (Lipinski definition) is 2. The Balaban J connectivity index is 2.11. The molecule has 0 aromatic heterocycles. The van der Waals surface area contributed by atoms with Gasteiger partial charge < -0.3 is 15.3 Å². The fourth-order valence-corrected chi connectivity index (χ4v) is 2.78. The van der Waals surface area contributed by atoms with Crippen molar-refractivity contribution in [2.75, 3.05) is 24.6 Å². The second kappa shape index (κ2) is 8.01. The molecule has 1 aliphatic rings. The predicted octanol–water partition coefficient (Wildman–Crippen LogP) is 3.30. The molecule has 1 saturated carbocycles. The Morgan fingerprint density at radius 2 is 2.15 bits per heavy atom. The maximum absolute atomic E-state index is 9.30.